The molecule has 0 spiro atoms. The van der Waals surface area contributed by atoms with Gasteiger partial charge in [-0.3, -0.25) is 4.99 Å². The smallest absolute Gasteiger partial charge is 0.212 e. The summed E-state index contributed by atoms with van der Waals surface area (Å²) < 4.78 is 12.1. The highest BCUT2D eigenvalue weighted by atomic mass is 19.1. The fraction of sp³-hybridized carbons (Fsp3) is 0.520. The normalized spacial score (nSPS) is 20.3. The molecule has 0 saturated heterocycles. The molecule has 0 atom stereocenters. The van der Waals surface area contributed by atoms with Crippen LogP contribution in [0.3, 0.4) is 0 Å². The summed E-state index contributed by atoms with van der Waals surface area (Å²) in [5.74, 6) is 1.22. The Hall–Kier alpha value is -2.03. The van der Waals surface area contributed by atoms with Crippen LogP contribution in [0.25, 0.3) is 0 Å². The van der Waals surface area contributed by atoms with Gasteiger partial charge in [-0.25, -0.2) is 4.98 Å². The number of pyridine rings is 1. The van der Waals surface area contributed by atoms with Gasteiger partial charge >= 0.3 is 0 Å². The van der Waals surface area contributed by atoms with Gasteiger partial charge in [0.1, 0.15) is 0 Å². The first-order chi connectivity index (χ1) is 12.9. The van der Waals surface area contributed by atoms with Crippen LogP contribution >= 0.6 is 0 Å². The average molecular weight is 385 g/mol. The fourth-order valence-electron chi connectivity index (χ4n) is 3.49. The van der Waals surface area contributed by atoms with E-state index >= 15 is 0 Å². The van der Waals surface area contributed by atoms with E-state index < -0.39 is 5.95 Å². The maximum atomic E-state index is 12.1. The lowest BCUT2D eigenvalue weighted by atomic mass is 9.68. The summed E-state index contributed by atoms with van der Waals surface area (Å²) in [6, 6.07) is 3.11. The quantitative estimate of drug-likeness (QED) is 0.381. The second-order valence-corrected chi connectivity index (χ2v) is 7.65. The van der Waals surface area contributed by atoms with Crippen molar-refractivity contribution in [3.8, 4) is 0 Å². The largest absolute Gasteiger partial charge is 0.258 e. The van der Waals surface area contributed by atoms with Crippen molar-refractivity contribution < 1.29 is 4.39 Å². The van der Waals surface area contributed by atoms with Crippen LogP contribution in [0, 0.1) is 17.8 Å². The Balaban J connectivity index is 0.000000332. The standard InChI is InChI=1S/C17H25N.C7H8FN.CH4/c1-5-14-10-15(11-14)13(4)16-8-6-7-9-17(16)18-12(2)3;1-2-6-3-4-7(8)9-5-6;/h8-9,14-15H,4-7,10-11H2,1-3H3;3-5H,2H2,1H3;1H4. The average Bonchev–Trinajstić information content (AvgIpc) is 2.62. The number of rotatable bonds is 5. The van der Waals surface area contributed by atoms with Gasteiger partial charge in [-0.1, -0.05) is 52.5 Å². The van der Waals surface area contributed by atoms with Crippen LogP contribution < -0.4 is 0 Å². The molecule has 0 N–H and O–H groups in total. The van der Waals surface area contributed by atoms with E-state index in [4.69, 9.17) is 0 Å². The van der Waals surface area contributed by atoms with Gasteiger partial charge in [-0.05, 0) is 80.6 Å². The molecule has 28 heavy (non-hydrogen) atoms. The number of aliphatic imine (C=N–C) groups is 1. The Morgan fingerprint density at radius 1 is 1.18 bits per heavy atom. The lowest BCUT2D eigenvalue weighted by molar-refractivity contribution is 0.224. The number of hydrogen-bond acceptors (Lipinski definition) is 2. The SMILES string of the molecule is C.C=C(C1=CCCC=C1N=C(C)C)C1CC(CC)C1.CCc1ccc(F)nc1. The van der Waals surface area contributed by atoms with Gasteiger partial charge in [-0.15, -0.1) is 0 Å². The van der Waals surface area contributed by atoms with E-state index in [9.17, 15) is 4.39 Å². The van der Waals surface area contributed by atoms with Crippen LogP contribution in [-0.4, -0.2) is 10.7 Å². The van der Waals surface area contributed by atoms with Gasteiger partial charge in [0.2, 0.25) is 5.95 Å². The third-order valence-electron chi connectivity index (χ3n) is 5.32. The number of aromatic nitrogens is 1. The summed E-state index contributed by atoms with van der Waals surface area (Å²) in [6.45, 7) is 12.8. The number of allylic oxidation sites excluding steroid dienone is 3. The third-order valence-corrected chi connectivity index (χ3v) is 5.32. The summed E-state index contributed by atoms with van der Waals surface area (Å²) >= 11 is 0. The van der Waals surface area contributed by atoms with Gasteiger partial charge in [0.15, 0.2) is 0 Å². The van der Waals surface area contributed by atoms with Gasteiger partial charge in [0, 0.05) is 11.9 Å². The van der Waals surface area contributed by atoms with Crippen LogP contribution in [0.4, 0.5) is 4.39 Å². The molecule has 1 heterocycles. The number of hydrogen-bond donors (Lipinski definition) is 0. The van der Waals surface area contributed by atoms with E-state index in [1.54, 1.807) is 12.3 Å². The highest BCUT2D eigenvalue weighted by molar-refractivity contribution is 5.81. The van der Waals surface area contributed by atoms with Crippen LogP contribution in [0.2, 0.25) is 0 Å². The summed E-state index contributed by atoms with van der Waals surface area (Å²) in [7, 11) is 0. The molecule has 3 heteroatoms. The van der Waals surface area contributed by atoms with Crippen LogP contribution in [0.5, 0.6) is 0 Å². The van der Waals surface area contributed by atoms with Crippen LogP contribution in [-0.2, 0) is 6.42 Å². The molecule has 2 nitrogen and oxygen atoms in total. The van der Waals surface area contributed by atoms with Crippen molar-refractivity contribution in [1.29, 1.82) is 0 Å². The monoisotopic (exact) mass is 384 g/mol. The van der Waals surface area contributed by atoms with Crippen molar-refractivity contribution in [3.05, 3.63) is 65.4 Å². The van der Waals surface area contributed by atoms with E-state index in [2.05, 4.69) is 49.5 Å². The first-order valence-corrected chi connectivity index (χ1v) is 10.2. The molecular formula is C25H37FN2. The first kappa shape index (κ1) is 24.0. The van der Waals surface area contributed by atoms with Gasteiger partial charge in [0.05, 0.1) is 5.70 Å². The molecule has 2 aliphatic carbocycles. The Morgan fingerprint density at radius 2 is 1.86 bits per heavy atom. The molecule has 0 unspecified atom stereocenters. The van der Waals surface area contributed by atoms with Crippen molar-refractivity contribution in [3.63, 3.8) is 0 Å². The molecule has 0 aromatic carbocycles. The van der Waals surface area contributed by atoms with E-state index in [0.717, 1.165) is 42.2 Å². The Bertz CT molecular complexity index is 715. The van der Waals surface area contributed by atoms with Gasteiger partial charge < -0.3 is 0 Å². The van der Waals surface area contributed by atoms with E-state index in [0.29, 0.717) is 5.92 Å². The molecule has 1 fully saturated rings. The van der Waals surface area contributed by atoms with Crippen molar-refractivity contribution in [2.24, 2.45) is 16.8 Å². The topological polar surface area (TPSA) is 25.2 Å². The predicted molar refractivity (Wildman–Crippen MR) is 120 cm³/mol. The lowest BCUT2D eigenvalue weighted by Gasteiger charge is -2.37. The Morgan fingerprint density at radius 3 is 2.39 bits per heavy atom. The van der Waals surface area contributed by atoms with Crippen molar-refractivity contribution in [2.45, 2.75) is 73.6 Å². The maximum absolute atomic E-state index is 12.1. The lowest BCUT2D eigenvalue weighted by Crippen LogP contribution is -2.25. The minimum atomic E-state index is -0.410. The zero-order valence-electron chi connectivity index (χ0n) is 17.3. The molecule has 0 radical (unpaired) electrons. The van der Waals surface area contributed by atoms with Crippen molar-refractivity contribution in [2.75, 3.05) is 0 Å². The molecular weight excluding hydrogens is 347 g/mol. The summed E-state index contributed by atoms with van der Waals surface area (Å²) in [5.41, 5.74) is 6.00. The predicted octanol–water partition coefficient (Wildman–Crippen LogP) is 7.48. The Kier molecular flexibility index (Phi) is 10.1. The molecule has 1 saturated carbocycles. The maximum Gasteiger partial charge on any atom is 0.212 e. The second kappa shape index (κ2) is 11.7. The molecule has 2 aliphatic rings. The minimum Gasteiger partial charge on any atom is -0.258 e. The minimum absolute atomic E-state index is 0. The van der Waals surface area contributed by atoms with Crippen LogP contribution in [0.1, 0.15) is 72.8 Å². The molecule has 0 amide bonds. The first-order valence-electron chi connectivity index (χ1n) is 10.2. The van der Waals surface area contributed by atoms with Gasteiger partial charge in [-0.2, -0.15) is 4.39 Å². The zero-order chi connectivity index (χ0) is 19.8. The summed E-state index contributed by atoms with van der Waals surface area (Å²) in [4.78, 5) is 8.15. The van der Waals surface area contributed by atoms with Crippen molar-refractivity contribution >= 4 is 5.71 Å². The zero-order valence-corrected chi connectivity index (χ0v) is 17.3. The molecule has 154 valence electrons. The highest BCUT2D eigenvalue weighted by Gasteiger charge is 2.31. The second-order valence-electron chi connectivity index (χ2n) is 7.65. The third kappa shape index (κ3) is 6.85. The molecule has 0 aliphatic heterocycles. The highest BCUT2D eigenvalue weighted by Crippen LogP contribution is 2.44. The molecule has 1 aromatic heterocycles. The van der Waals surface area contributed by atoms with E-state index in [1.807, 2.05) is 6.92 Å². The van der Waals surface area contributed by atoms with E-state index in [1.165, 1.54) is 36.5 Å². The van der Waals surface area contributed by atoms with Crippen LogP contribution in [0.15, 0.2) is 58.9 Å². The molecule has 0 bridgehead atoms. The Labute approximate surface area is 171 Å². The van der Waals surface area contributed by atoms with E-state index in [-0.39, 0.29) is 7.43 Å². The summed E-state index contributed by atoms with van der Waals surface area (Å²) in [5, 5.41) is 0. The molecule has 3 rings (SSSR count). The van der Waals surface area contributed by atoms with Crippen molar-refractivity contribution in [1.82, 2.24) is 4.98 Å². The van der Waals surface area contributed by atoms with Gasteiger partial charge in [0.25, 0.3) is 0 Å². The summed E-state index contributed by atoms with van der Waals surface area (Å²) in [6.07, 6.45) is 13.3. The number of aryl methyl sites for hydroxylation is 1. The molecule has 1 aromatic rings. The number of halogens is 1. The number of nitrogens with zero attached hydrogens (tertiary/aromatic N) is 2. The fourth-order valence-corrected chi connectivity index (χ4v) is 3.49.